The fourth-order valence-electron chi connectivity index (χ4n) is 3.03. The number of halogens is 3. The number of hydrogen-bond donors (Lipinski definition) is 0. The van der Waals surface area contributed by atoms with E-state index in [-0.39, 0.29) is 19.8 Å². The van der Waals surface area contributed by atoms with Crippen molar-refractivity contribution in [3.05, 3.63) is 37.9 Å². The Morgan fingerprint density at radius 1 is 1.15 bits per heavy atom. The molecule has 1 aromatic rings. The maximum atomic E-state index is 13.1. The highest BCUT2D eigenvalue weighted by Crippen LogP contribution is 2.46. The number of nitro benzene ring substituents is 2. The van der Waals surface area contributed by atoms with E-state index in [9.17, 15) is 33.4 Å². The first-order chi connectivity index (χ1) is 12.0. The van der Waals surface area contributed by atoms with Gasteiger partial charge in [0.05, 0.1) is 42.2 Å². The molecule has 0 aliphatic carbocycles. The Balaban J connectivity index is 2.82. The average molecular weight is 380 g/mol. The summed E-state index contributed by atoms with van der Waals surface area (Å²) in [5, 5.41) is 22.9. The highest BCUT2D eigenvalue weighted by Gasteiger charge is 2.50. The molecule has 1 saturated heterocycles. The zero-order chi connectivity index (χ0) is 19.7. The van der Waals surface area contributed by atoms with Crippen molar-refractivity contribution in [2.24, 2.45) is 0 Å². The summed E-state index contributed by atoms with van der Waals surface area (Å²) in [5.74, 6) is 0. The summed E-state index contributed by atoms with van der Waals surface area (Å²) in [6, 6.07) is 0.618. The summed E-state index contributed by atoms with van der Waals surface area (Å²) in [7, 11) is 1.40. The fourth-order valence-corrected chi connectivity index (χ4v) is 3.03. The molecule has 0 aromatic heterocycles. The van der Waals surface area contributed by atoms with Gasteiger partial charge < -0.3 is 9.47 Å². The van der Waals surface area contributed by atoms with Crippen molar-refractivity contribution in [1.29, 1.82) is 0 Å². The fraction of sp³-hybridized carbons (Fsp3) is 0.571. The molecule has 1 unspecified atom stereocenters. The van der Waals surface area contributed by atoms with Gasteiger partial charge in [0.1, 0.15) is 0 Å². The van der Waals surface area contributed by atoms with Gasteiger partial charge in [-0.25, -0.2) is 4.48 Å². The second-order valence-corrected chi connectivity index (χ2v) is 5.92. The Bertz CT molecular complexity index is 685. The summed E-state index contributed by atoms with van der Waals surface area (Å²) >= 11 is 0. The lowest BCUT2D eigenvalue weighted by atomic mass is 10.1. The summed E-state index contributed by atoms with van der Waals surface area (Å²) in [6.45, 7) is 2.19. The monoisotopic (exact) mass is 380 g/mol. The molecule has 9 nitrogen and oxygen atoms in total. The summed E-state index contributed by atoms with van der Waals surface area (Å²) < 4.78 is 49.4. The van der Waals surface area contributed by atoms with Crippen molar-refractivity contribution in [2.45, 2.75) is 25.9 Å². The zero-order valence-corrected chi connectivity index (χ0v) is 14.0. The van der Waals surface area contributed by atoms with Crippen LogP contribution in [0.5, 0.6) is 0 Å². The number of hydrogen-bond acceptors (Lipinski definition) is 6. The van der Waals surface area contributed by atoms with Gasteiger partial charge >= 0.3 is 24.0 Å². The van der Waals surface area contributed by atoms with Gasteiger partial charge in [-0.05, 0) is 6.42 Å². The topological polar surface area (TPSA) is 105 Å². The van der Waals surface area contributed by atoms with E-state index < -0.39 is 49.5 Å². The number of alkyl halides is 3. The third kappa shape index (κ3) is 3.61. The summed E-state index contributed by atoms with van der Waals surface area (Å²) in [4.78, 5) is 20.8. The first-order valence-corrected chi connectivity index (χ1v) is 7.65. The number of rotatable bonds is 6. The molecule has 1 aromatic carbocycles. The maximum absolute atomic E-state index is 13.1. The summed E-state index contributed by atoms with van der Waals surface area (Å²) in [5.41, 5.74) is -3.94. The lowest BCUT2D eigenvalue weighted by Gasteiger charge is -2.35. The second-order valence-electron chi connectivity index (χ2n) is 5.92. The molecule has 0 N–H and O–H groups in total. The van der Waals surface area contributed by atoms with Gasteiger partial charge in [0.15, 0.2) is 0 Å². The van der Waals surface area contributed by atoms with E-state index in [1.807, 2.05) is 0 Å². The molecule has 1 heterocycles. The van der Waals surface area contributed by atoms with E-state index in [2.05, 4.69) is 0 Å². The van der Waals surface area contributed by atoms with Crippen molar-refractivity contribution >= 4 is 17.1 Å². The molecule has 26 heavy (non-hydrogen) atoms. The zero-order valence-electron chi connectivity index (χ0n) is 14.0. The molecular weight excluding hydrogens is 363 g/mol. The molecule has 1 atom stereocenters. The van der Waals surface area contributed by atoms with Crippen molar-refractivity contribution in [3.8, 4) is 0 Å². The Morgan fingerprint density at radius 2 is 1.62 bits per heavy atom. The van der Waals surface area contributed by atoms with Gasteiger partial charge in [0, 0.05) is 12.1 Å². The minimum absolute atomic E-state index is 0.123. The standard InChI is InChI=1S/C14H17F3N3O6/c1-3-4-20(2,13-25-5-6-26-13)12-10(18(21)22)7-9(14(15,16)17)8-11(12)19(23)24/h7-8,13H,3-6H2,1-2H3/q+1. The SMILES string of the molecule is CCC[N+](C)(c1c([N+](=O)[O-])cc(C(F)(F)F)cc1[N+](=O)[O-])C1OCCO1. The molecule has 0 saturated carbocycles. The molecule has 0 amide bonds. The molecule has 2 rings (SSSR count). The van der Waals surface area contributed by atoms with Crippen LogP contribution in [0, 0.1) is 20.2 Å². The number of nitro groups is 2. The van der Waals surface area contributed by atoms with E-state index in [1.54, 1.807) is 6.92 Å². The predicted octanol–water partition coefficient (Wildman–Crippen LogP) is 3.20. The van der Waals surface area contributed by atoms with Crippen LogP contribution in [-0.4, -0.2) is 43.1 Å². The van der Waals surface area contributed by atoms with E-state index in [1.165, 1.54) is 7.05 Å². The number of ether oxygens (including phenoxy) is 2. The van der Waals surface area contributed by atoms with E-state index in [4.69, 9.17) is 9.47 Å². The molecule has 0 spiro atoms. The Kier molecular flexibility index (Phi) is 5.49. The average Bonchev–Trinajstić information content (AvgIpc) is 3.07. The minimum Gasteiger partial charge on any atom is -0.303 e. The molecule has 1 aliphatic heterocycles. The quantitative estimate of drug-likeness (QED) is 0.426. The van der Waals surface area contributed by atoms with Crippen molar-refractivity contribution < 1.29 is 32.5 Å². The first kappa shape index (κ1) is 20.0. The highest BCUT2D eigenvalue weighted by atomic mass is 19.4. The van der Waals surface area contributed by atoms with Crippen molar-refractivity contribution in [2.75, 3.05) is 26.8 Å². The Labute approximate surface area is 145 Å². The number of benzene rings is 1. The Morgan fingerprint density at radius 3 is 1.96 bits per heavy atom. The number of nitrogens with zero attached hydrogens (tertiary/aromatic N) is 3. The van der Waals surface area contributed by atoms with Gasteiger partial charge in [-0.15, -0.1) is 0 Å². The predicted molar refractivity (Wildman–Crippen MR) is 83.3 cm³/mol. The van der Waals surface area contributed by atoms with Crippen LogP contribution in [0.1, 0.15) is 18.9 Å². The molecular formula is C14H17F3N3O6+. The molecule has 12 heteroatoms. The van der Waals surface area contributed by atoms with Crippen LogP contribution in [-0.2, 0) is 15.7 Å². The van der Waals surface area contributed by atoms with Crippen LogP contribution in [0.15, 0.2) is 12.1 Å². The van der Waals surface area contributed by atoms with Crippen LogP contribution < -0.4 is 4.48 Å². The van der Waals surface area contributed by atoms with Crippen LogP contribution in [0.25, 0.3) is 0 Å². The molecule has 144 valence electrons. The van der Waals surface area contributed by atoms with E-state index in [0.29, 0.717) is 18.6 Å². The van der Waals surface area contributed by atoms with Gasteiger partial charge in [0.25, 0.3) is 5.69 Å². The first-order valence-electron chi connectivity index (χ1n) is 7.65. The molecule has 1 fully saturated rings. The Hall–Kier alpha value is -2.31. The lowest BCUT2D eigenvalue weighted by molar-refractivity contribution is -0.395. The molecule has 1 aliphatic rings. The maximum Gasteiger partial charge on any atom is 0.416 e. The lowest BCUT2D eigenvalue weighted by Crippen LogP contribution is -2.55. The van der Waals surface area contributed by atoms with Crippen LogP contribution in [0.3, 0.4) is 0 Å². The van der Waals surface area contributed by atoms with Crippen molar-refractivity contribution in [3.63, 3.8) is 0 Å². The van der Waals surface area contributed by atoms with Gasteiger partial charge in [-0.3, -0.25) is 20.2 Å². The van der Waals surface area contributed by atoms with Crippen LogP contribution in [0.4, 0.5) is 30.2 Å². The molecule has 0 bridgehead atoms. The van der Waals surface area contributed by atoms with Gasteiger partial charge in [-0.2, -0.15) is 13.2 Å². The highest BCUT2D eigenvalue weighted by molar-refractivity contribution is 5.74. The number of quaternary nitrogens is 1. The normalized spacial score (nSPS) is 17.9. The molecule has 0 radical (unpaired) electrons. The van der Waals surface area contributed by atoms with Crippen LogP contribution in [0.2, 0.25) is 0 Å². The van der Waals surface area contributed by atoms with E-state index >= 15 is 0 Å². The van der Waals surface area contributed by atoms with Gasteiger partial charge in [0.2, 0.25) is 0 Å². The smallest absolute Gasteiger partial charge is 0.303 e. The third-order valence-corrected chi connectivity index (χ3v) is 4.06. The van der Waals surface area contributed by atoms with Crippen LogP contribution >= 0.6 is 0 Å². The largest absolute Gasteiger partial charge is 0.416 e. The second kappa shape index (κ2) is 7.13. The van der Waals surface area contributed by atoms with Crippen molar-refractivity contribution in [1.82, 2.24) is 4.48 Å². The van der Waals surface area contributed by atoms with E-state index in [0.717, 1.165) is 0 Å². The third-order valence-electron chi connectivity index (χ3n) is 4.06. The van der Waals surface area contributed by atoms with Gasteiger partial charge in [-0.1, -0.05) is 6.92 Å². The minimum atomic E-state index is -4.97. The summed E-state index contributed by atoms with van der Waals surface area (Å²) in [6.07, 6.45) is -5.64.